The normalized spacial score (nSPS) is 18.5. The van der Waals surface area contributed by atoms with Crippen LogP contribution in [0.15, 0.2) is 15.4 Å². The van der Waals surface area contributed by atoms with Gasteiger partial charge in [-0.1, -0.05) is 0 Å². The second-order valence-electron chi connectivity index (χ2n) is 7.91. The van der Waals surface area contributed by atoms with Gasteiger partial charge in [-0.15, -0.1) is 0 Å². The van der Waals surface area contributed by atoms with Gasteiger partial charge in [-0.2, -0.15) is 4.31 Å². The molecule has 0 radical (unpaired) electrons. The Kier molecular flexibility index (Phi) is 8.09. The van der Waals surface area contributed by atoms with Crippen LogP contribution in [0.25, 0.3) is 0 Å². The maximum absolute atomic E-state index is 12.9. The van der Waals surface area contributed by atoms with Crippen molar-refractivity contribution in [2.45, 2.75) is 31.1 Å². The van der Waals surface area contributed by atoms with Crippen molar-refractivity contribution in [1.82, 2.24) is 19.4 Å². The van der Waals surface area contributed by atoms with E-state index in [1.54, 1.807) is 18.9 Å². The number of ether oxygens (including phenoxy) is 1. The largest absolute Gasteiger partial charge is 0.455 e. The highest BCUT2D eigenvalue weighted by Crippen LogP contribution is 2.27. The zero-order valence-electron chi connectivity index (χ0n) is 18.3. The third kappa shape index (κ3) is 5.85. The Bertz CT molecular complexity index is 870. The highest BCUT2D eigenvalue weighted by atomic mass is 32.2. The van der Waals surface area contributed by atoms with Gasteiger partial charge in [0.2, 0.25) is 15.9 Å². The van der Waals surface area contributed by atoms with Gasteiger partial charge < -0.3 is 19.4 Å². The van der Waals surface area contributed by atoms with Gasteiger partial charge in [0.15, 0.2) is 5.76 Å². The molecule has 11 heteroatoms. The molecule has 0 bridgehead atoms. The van der Waals surface area contributed by atoms with E-state index in [4.69, 9.17) is 9.15 Å². The molecule has 1 N–H and O–H groups in total. The Balaban J connectivity index is 1.52. The lowest BCUT2D eigenvalue weighted by molar-refractivity contribution is -0.122. The Labute approximate surface area is 183 Å². The summed E-state index contributed by atoms with van der Waals surface area (Å²) in [5.41, 5.74) is 0. The number of methoxy groups -OCH3 is 1. The first-order valence-corrected chi connectivity index (χ1v) is 12.1. The minimum Gasteiger partial charge on any atom is -0.455 e. The van der Waals surface area contributed by atoms with Crippen molar-refractivity contribution in [1.29, 1.82) is 0 Å². The number of hydrogen-bond acceptors (Lipinski definition) is 7. The molecule has 2 aliphatic heterocycles. The molecule has 3 heterocycles. The molecule has 0 aliphatic carbocycles. The Hall–Kier alpha value is -1.95. The van der Waals surface area contributed by atoms with Crippen molar-refractivity contribution < 1.29 is 27.2 Å². The van der Waals surface area contributed by atoms with Gasteiger partial charge >= 0.3 is 0 Å². The first-order chi connectivity index (χ1) is 14.8. The number of sulfonamides is 1. The Morgan fingerprint density at radius 2 is 1.81 bits per heavy atom. The maximum atomic E-state index is 12.9. The van der Waals surface area contributed by atoms with Crippen LogP contribution in [-0.2, 0) is 19.6 Å². The molecule has 31 heavy (non-hydrogen) atoms. The van der Waals surface area contributed by atoms with E-state index in [-0.39, 0.29) is 34.8 Å². The highest BCUT2D eigenvalue weighted by molar-refractivity contribution is 7.89. The van der Waals surface area contributed by atoms with Crippen molar-refractivity contribution in [3.05, 3.63) is 17.6 Å². The first kappa shape index (κ1) is 23.7. The molecule has 0 unspecified atom stereocenters. The van der Waals surface area contributed by atoms with Gasteiger partial charge in [0.05, 0.1) is 6.54 Å². The molecule has 2 fully saturated rings. The predicted octanol–water partition coefficient (Wildman–Crippen LogP) is 0.283. The molecule has 2 aliphatic rings. The third-order valence-corrected chi connectivity index (χ3v) is 7.65. The van der Waals surface area contributed by atoms with E-state index in [1.165, 1.54) is 10.4 Å². The van der Waals surface area contributed by atoms with E-state index in [2.05, 4.69) is 5.32 Å². The van der Waals surface area contributed by atoms with Crippen LogP contribution in [0.2, 0.25) is 0 Å². The highest BCUT2D eigenvalue weighted by Gasteiger charge is 2.33. The van der Waals surface area contributed by atoms with E-state index in [9.17, 15) is 18.0 Å². The maximum Gasteiger partial charge on any atom is 0.289 e. The minimum absolute atomic E-state index is 0.0413. The number of piperazine rings is 1. The van der Waals surface area contributed by atoms with Gasteiger partial charge in [0.25, 0.3) is 5.91 Å². The van der Waals surface area contributed by atoms with E-state index in [0.29, 0.717) is 52.4 Å². The molecule has 2 saturated heterocycles. The summed E-state index contributed by atoms with van der Waals surface area (Å²) >= 11 is 0. The van der Waals surface area contributed by atoms with Crippen LogP contribution in [0.4, 0.5) is 0 Å². The number of hydrogen-bond donors (Lipinski definition) is 1. The molecule has 3 rings (SSSR count). The minimum atomic E-state index is -3.64. The fraction of sp³-hybridized carbons (Fsp3) is 0.700. The fourth-order valence-electron chi connectivity index (χ4n) is 3.86. The van der Waals surface area contributed by atoms with Crippen molar-refractivity contribution in [2.24, 2.45) is 0 Å². The molecular formula is C20H32N4O6S. The number of nitrogens with one attached hydrogen (secondary N) is 1. The van der Waals surface area contributed by atoms with Gasteiger partial charge in [-0.05, 0) is 26.2 Å². The summed E-state index contributed by atoms with van der Waals surface area (Å²) in [6.45, 7) is 6.06. The number of amides is 2. The van der Waals surface area contributed by atoms with Crippen molar-refractivity contribution in [3.63, 3.8) is 0 Å². The number of nitrogens with zero attached hydrogens (tertiary/aromatic N) is 3. The lowest BCUT2D eigenvalue weighted by atomic mass is 10.2. The lowest BCUT2D eigenvalue weighted by Gasteiger charge is -2.33. The van der Waals surface area contributed by atoms with Crippen LogP contribution < -0.4 is 5.32 Å². The summed E-state index contributed by atoms with van der Waals surface area (Å²) in [6.07, 6.45) is 2.46. The molecule has 174 valence electrons. The summed E-state index contributed by atoms with van der Waals surface area (Å²) in [5, 5.41) is 2.85. The fourth-order valence-corrected chi connectivity index (χ4v) is 5.54. The van der Waals surface area contributed by atoms with Gasteiger partial charge in [-0.25, -0.2) is 8.42 Å². The van der Waals surface area contributed by atoms with Crippen LogP contribution in [0.3, 0.4) is 0 Å². The number of rotatable bonds is 9. The van der Waals surface area contributed by atoms with Crippen LogP contribution in [-0.4, -0.2) is 100 Å². The average Bonchev–Trinajstić information content (AvgIpc) is 3.42. The summed E-state index contributed by atoms with van der Waals surface area (Å²) < 4.78 is 37.6. The molecule has 10 nitrogen and oxygen atoms in total. The smallest absolute Gasteiger partial charge is 0.289 e. The molecule has 2 amide bonds. The zero-order valence-corrected chi connectivity index (χ0v) is 19.1. The van der Waals surface area contributed by atoms with Crippen LogP contribution in [0.1, 0.15) is 35.6 Å². The first-order valence-electron chi connectivity index (χ1n) is 10.7. The van der Waals surface area contributed by atoms with E-state index < -0.39 is 10.0 Å². The predicted molar refractivity (Wildman–Crippen MR) is 113 cm³/mol. The van der Waals surface area contributed by atoms with Gasteiger partial charge in [0.1, 0.15) is 10.7 Å². The molecule has 1 aromatic heterocycles. The molecule has 0 aromatic carbocycles. The average molecular weight is 457 g/mol. The summed E-state index contributed by atoms with van der Waals surface area (Å²) in [4.78, 5) is 28.6. The molecule has 0 saturated carbocycles. The van der Waals surface area contributed by atoms with Gasteiger partial charge in [-0.3, -0.25) is 14.5 Å². The molecule has 1 aromatic rings. The van der Waals surface area contributed by atoms with Crippen LogP contribution in [0, 0.1) is 6.92 Å². The Morgan fingerprint density at radius 3 is 2.45 bits per heavy atom. The second kappa shape index (κ2) is 10.6. The van der Waals surface area contributed by atoms with Gasteiger partial charge in [0, 0.05) is 65.6 Å². The van der Waals surface area contributed by atoms with E-state index in [0.717, 1.165) is 19.3 Å². The second-order valence-corrected chi connectivity index (χ2v) is 9.81. The van der Waals surface area contributed by atoms with Crippen molar-refractivity contribution in [2.75, 3.05) is 66.1 Å². The third-order valence-electron chi connectivity index (χ3n) is 5.64. The van der Waals surface area contributed by atoms with Crippen LogP contribution in [0.5, 0.6) is 0 Å². The van der Waals surface area contributed by atoms with Crippen molar-refractivity contribution in [3.8, 4) is 0 Å². The van der Waals surface area contributed by atoms with E-state index >= 15 is 0 Å². The summed E-state index contributed by atoms with van der Waals surface area (Å²) in [6, 6.07) is 1.35. The molecule has 0 spiro atoms. The summed E-state index contributed by atoms with van der Waals surface area (Å²) in [7, 11) is -2.01. The molecular weight excluding hydrogens is 424 g/mol. The molecule has 0 atom stereocenters. The Morgan fingerprint density at radius 1 is 1.13 bits per heavy atom. The standard InChI is InChI=1S/C20H32N4O6S/c1-16-18(31(27,28)24-7-3-4-8-24)14-17(30-16)20(26)23-11-9-22(10-12-23)15-19(25)21-6-5-13-29-2/h14H,3-13,15H2,1-2H3,(H,21,25). The monoisotopic (exact) mass is 456 g/mol. The number of carbonyl (C=O) groups is 2. The van der Waals surface area contributed by atoms with E-state index in [1.807, 2.05) is 4.90 Å². The lowest BCUT2D eigenvalue weighted by Crippen LogP contribution is -2.51. The van der Waals surface area contributed by atoms with Crippen molar-refractivity contribution >= 4 is 21.8 Å². The number of furan rings is 1. The quantitative estimate of drug-likeness (QED) is 0.531. The number of carbonyl (C=O) groups excluding carboxylic acids is 2. The topological polar surface area (TPSA) is 112 Å². The summed E-state index contributed by atoms with van der Waals surface area (Å²) in [5.74, 6) is -0.0948. The SMILES string of the molecule is COCCCNC(=O)CN1CCN(C(=O)c2cc(S(=O)(=O)N3CCCC3)c(C)o2)CC1. The number of aryl methyl sites for hydroxylation is 1. The zero-order chi connectivity index (χ0) is 22.4. The van der Waals surface area contributed by atoms with Crippen LogP contribution >= 0.6 is 0 Å².